The van der Waals surface area contributed by atoms with Gasteiger partial charge in [-0.3, -0.25) is 14.6 Å². The summed E-state index contributed by atoms with van der Waals surface area (Å²) in [5, 5.41) is 5.48. The second-order valence-electron chi connectivity index (χ2n) is 5.32. The normalized spacial score (nSPS) is 10.4. The van der Waals surface area contributed by atoms with Crippen LogP contribution in [0, 0.1) is 0 Å². The molecule has 2 heterocycles. The van der Waals surface area contributed by atoms with Gasteiger partial charge in [-0.05, 0) is 30.7 Å². The molecule has 126 valence electrons. The van der Waals surface area contributed by atoms with Gasteiger partial charge in [0.2, 0.25) is 5.91 Å². The van der Waals surface area contributed by atoms with Gasteiger partial charge >= 0.3 is 0 Å². The third-order valence-electron chi connectivity index (χ3n) is 3.51. The Hall–Kier alpha value is -3.06. The highest BCUT2D eigenvalue weighted by atomic mass is 32.1. The Kier molecular flexibility index (Phi) is 5.15. The van der Waals surface area contributed by atoms with Gasteiger partial charge in [-0.15, -0.1) is 11.3 Å². The number of nitrogens with one attached hydrogen (secondary N) is 1. The molecular weight excluding hydrogens is 336 g/mol. The molecule has 0 saturated carbocycles. The van der Waals surface area contributed by atoms with Crippen LogP contribution < -0.4 is 11.1 Å². The van der Waals surface area contributed by atoms with Crippen molar-refractivity contribution in [3.05, 3.63) is 65.3 Å². The molecule has 0 saturated heterocycles. The molecule has 7 heteroatoms. The summed E-state index contributed by atoms with van der Waals surface area (Å²) in [6.07, 6.45) is 2.49. The summed E-state index contributed by atoms with van der Waals surface area (Å²) in [5.41, 5.74) is 7.68. The lowest BCUT2D eigenvalue weighted by Gasteiger charge is -2.08. The Morgan fingerprint density at radius 3 is 2.68 bits per heavy atom. The van der Waals surface area contributed by atoms with Crippen molar-refractivity contribution in [2.75, 3.05) is 5.32 Å². The first-order chi connectivity index (χ1) is 12.1. The molecule has 25 heavy (non-hydrogen) atoms. The fourth-order valence-electron chi connectivity index (χ4n) is 2.29. The first-order valence-electron chi connectivity index (χ1n) is 7.68. The van der Waals surface area contributed by atoms with Crippen molar-refractivity contribution in [3.8, 4) is 10.7 Å². The molecule has 0 unspecified atom stereocenters. The third-order valence-corrected chi connectivity index (χ3v) is 4.42. The van der Waals surface area contributed by atoms with E-state index in [0.29, 0.717) is 17.7 Å². The van der Waals surface area contributed by atoms with E-state index in [1.54, 1.807) is 30.5 Å². The van der Waals surface area contributed by atoms with Gasteiger partial charge < -0.3 is 11.1 Å². The van der Waals surface area contributed by atoms with Gasteiger partial charge in [0.25, 0.3) is 5.91 Å². The number of aryl methyl sites for hydroxylation is 1. The minimum absolute atomic E-state index is 0.193. The quantitative estimate of drug-likeness (QED) is 0.713. The first kappa shape index (κ1) is 16.8. The van der Waals surface area contributed by atoms with Crippen LogP contribution in [-0.4, -0.2) is 21.8 Å². The number of carbonyl (C=O) groups excluding carboxylic acids is 2. The van der Waals surface area contributed by atoms with Crippen LogP contribution in [0.5, 0.6) is 0 Å². The summed E-state index contributed by atoms with van der Waals surface area (Å²) >= 11 is 1.50. The molecule has 0 aliphatic heterocycles. The Morgan fingerprint density at radius 1 is 1.12 bits per heavy atom. The number of aromatic nitrogens is 2. The molecule has 3 rings (SSSR count). The highest BCUT2D eigenvalue weighted by Gasteiger charge is 2.11. The fourth-order valence-corrected chi connectivity index (χ4v) is 3.12. The summed E-state index contributed by atoms with van der Waals surface area (Å²) in [4.78, 5) is 32.3. The number of hydrogen-bond acceptors (Lipinski definition) is 5. The number of anilines is 1. The van der Waals surface area contributed by atoms with E-state index >= 15 is 0 Å². The SMILES string of the molecule is NC(=O)c1ccccc1NC(=O)CCc1csc(-c2ccccn2)n1. The predicted octanol–water partition coefficient (Wildman–Crippen LogP) is 2.88. The lowest BCUT2D eigenvalue weighted by Crippen LogP contribution is -2.18. The van der Waals surface area contributed by atoms with Gasteiger partial charge in [-0.25, -0.2) is 4.98 Å². The first-order valence-corrected chi connectivity index (χ1v) is 8.56. The standard InChI is InChI=1S/C18H16N4O2S/c19-17(24)13-5-1-2-6-14(13)22-16(23)9-8-12-11-25-18(21-12)15-7-3-4-10-20-15/h1-7,10-11H,8-9H2,(H2,19,24)(H,22,23). The number of amides is 2. The molecule has 0 radical (unpaired) electrons. The molecule has 0 bridgehead atoms. The van der Waals surface area contributed by atoms with Crippen molar-refractivity contribution >= 4 is 28.8 Å². The minimum Gasteiger partial charge on any atom is -0.366 e. The van der Waals surface area contributed by atoms with Crippen molar-refractivity contribution in [3.63, 3.8) is 0 Å². The second-order valence-corrected chi connectivity index (χ2v) is 6.18. The number of hydrogen-bond donors (Lipinski definition) is 2. The van der Waals surface area contributed by atoms with Crippen LogP contribution in [0.25, 0.3) is 10.7 Å². The fraction of sp³-hybridized carbons (Fsp3) is 0.111. The number of primary amides is 1. The van der Waals surface area contributed by atoms with E-state index in [9.17, 15) is 9.59 Å². The minimum atomic E-state index is -0.574. The van der Waals surface area contributed by atoms with Crippen LogP contribution in [0.1, 0.15) is 22.5 Å². The lowest BCUT2D eigenvalue weighted by molar-refractivity contribution is -0.116. The zero-order valence-electron chi connectivity index (χ0n) is 13.3. The molecule has 1 aromatic carbocycles. The molecule has 0 fully saturated rings. The van der Waals surface area contributed by atoms with E-state index in [4.69, 9.17) is 5.73 Å². The molecule has 2 amide bonds. The summed E-state index contributed by atoms with van der Waals surface area (Å²) < 4.78 is 0. The number of rotatable bonds is 6. The number of nitrogens with zero attached hydrogens (tertiary/aromatic N) is 2. The number of thiazole rings is 1. The van der Waals surface area contributed by atoms with E-state index in [1.165, 1.54) is 11.3 Å². The Labute approximate surface area is 148 Å². The van der Waals surface area contributed by atoms with E-state index in [2.05, 4.69) is 15.3 Å². The number of pyridine rings is 1. The average molecular weight is 352 g/mol. The average Bonchev–Trinajstić information content (AvgIpc) is 3.10. The van der Waals surface area contributed by atoms with Gasteiger partial charge in [0, 0.05) is 18.0 Å². The van der Waals surface area contributed by atoms with Crippen molar-refractivity contribution in [2.24, 2.45) is 5.73 Å². The summed E-state index contributed by atoms with van der Waals surface area (Å²) in [6, 6.07) is 12.3. The molecule has 3 aromatic rings. The topological polar surface area (TPSA) is 98.0 Å². The molecule has 0 spiro atoms. The molecule has 2 aromatic heterocycles. The summed E-state index contributed by atoms with van der Waals surface area (Å²) in [6.45, 7) is 0. The van der Waals surface area contributed by atoms with Gasteiger partial charge in [0.05, 0.1) is 22.6 Å². The number of para-hydroxylation sites is 1. The number of carbonyl (C=O) groups is 2. The van der Waals surface area contributed by atoms with Crippen LogP contribution in [0.2, 0.25) is 0 Å². The van der Waals surface area contributed by atoms with Crippen LogP contribution in [-0.2, 0) is 11.2 Å². The van der Waals surface area contributed by atoms with Gasteiger partial charge in [0.1, 0.15) is 5.01 Å². The maximum absolute atomic E-state index is 12.1. The van der Waals surface area contributed by atoms with Gasteiger partial charge in [-0.2, -0.15) is 0 Å². The Morgan fingerprint density at radius 2 is 1.92 bits per heavy atom. The zero-order chi connectivity index (χ0) is 17.6. The number of nitrogens with two attached hydrogens (primary N) is 1. The maximum Gasteiger partial charge on any atom is 0.250 e. The molecule has 3 N–H and O–H groups in total. The van der Waals surface area contributed by atoms with E-state index < -0.39 is 5.91 Å². The Balaban J connectivity index is 1.60. The van der Waals surface area contributed by atoms with Crippen LogP contribution >= 0.6 is 11.3 Å². The highest BCUT2D eigenvalue weighted by molar-refractivity contribution is 7.13. The predicted molar refractivity (Wildman–Crippen MR) is 97.3 cm³/mol. The smallest absolute Gasteiger partial charge is 0.250 e. The maximum atomic E-state index is 12.1. The molecule has 0 atom stereocenters. The van der Waals surface area contributed by atoms with Crippen LogP contribution in [0.4, 0.5) is 5.69 Å². The second kappa shape index (κ2) is 7.67. The van der Waals surface area contributed by atoms with Crippen molar-refractivity contribution in [1.82, 2.24) is 9.97 Å². The lowest BCUT2D eigenvalue weighted by atomic mass is 10.1. The van der Waals surface area contributed by atoms with Crippen molar-refractivity contribution in [1.29, 1.82) is 0 Å². The van der Waals surface area contributed by atoms with Gasteiger partial charge in [-0.1, -0.05) is 18.2 Å². The monoisotopic (exact) mass is 352 g/mol. The zero-order valence-corrected chi connectivity index (χ0v) is 14.1. The van der Waals surface area contributed by atoms with Crippen LogP contribution in [0.3, 0.4) is 0 Å². The molecule has 0 aliphatic rings. The highest BCUT2D eigenvalue weighted by Crippen LogP contribution is 2.22. The van der Waals surface area contributed by atoms with Crippen LogP contribution in [0.15, 0.2) is 54.0 Å². The third kappa shape index (κ3) is 4.27. The molecule has 0 aliphatic carbocycles. The van der Waals surface area contributed by atoms with E-state index in [1.807, 2.05) is 23.6 Å². The molecule has 6 nitrogen and oxygen atoms in total. The summed E-state index contributed by atoms with van der Waals surface area (Å²) in [5.74, 6) is -0.767. The Bertz CT molecular complexity index is 893. The molecular formula is C18H16N4O2S. The van der Waals surface area contributed by atoms with E-state index in [0.717, 1.165) is 16.4 Å². The van der Waals surface area contributed by atoms with Crippen molar-refractivity contribution in [2.45, 2.75) is 12.8 Å². The van der Waals surface area contributed by atoms with E-state index in [-0.39, 0.29) is 12.3 Å². The summed E-state index contributed by atoms with van der Waals surface area (Å²) in [7, 11) is 0. The largest absolute Gasteiger partial charge is 0.366 e. The van der Waals surface area contributed by atoms with Gasteiger partial charge in [0.15, 0.2) is 0 Å². The number of benzene rings is 1. The van der Waals surface area contributed by atoms with Crippen molar-refractivity contribution < 1.29 is 9.59 Å².